The predicted octanol–water partition coefficient (Wildman–Crippen LogP) is 2.02. The first kappa shape index (κ1) is 9.21. The fourth-order valence-corrected chi connectivity index (χ4v) is 1.40. The molecule has 5 heteroatoms. The van der Waals surface area contributed by atoms with Gasteiger partial charge in [0, 0.05) is 11.6 Å². The first-order valence-corrected chi connectivity index (χ1v) is 5.21. The maximum Gasteiger partial charge on any atom is 0.315 e. The Balaban J connectivity index is 1.82. The molecule has 0 saturated heterocycles. The molecule has 0 amide bonds. The summed E-state index contributed by atoms with van der Waals surface area (Å²) in [7, 11) is 0. The summed E-state index contributed by atoms with van der Waals surface area (Å²) in [6.07, 6.45) is 2.33. The second-order valence-electron chi connectivity index (χ2n) is 3.88. The summed E-state index contributed by atoms with van der Waals surface area (Å²) < 4.78 is 5.45. The van der Waals surface area contributed by atoms with Crippen LogP contribution in [0.25, 0.3) is 11.5 Å². The molecule has 0 aliphatic heterocycles. The Morgan fingerprint density at radius 1 is 1.19 bits per heavy atom. The number of phenols is 1. The molecule has 1 aromatic heterocycles. The molecule has 0 atom stereocenters. The Morgan fingerprint density at radius 3 is 2.62 bits per heavy atom. The van der Waals surface area contributed by atoms with Crippen LogP contribution in [0.3, 0.4) is 0 Å². The fourth-order valence-electron chi connectivity index (χ4n) is 1.40. The molecule has 0 bridgehead atoms. The first-order chi connectivity index (χ1) is 7.81. The highest BCUT2D eigenvalue weighted by molar-refractivity contribution is 5.54. The number of anilines is 1. The average Bonchev–Trinajstić information content (AvgIpc) is 2.97. The van der Waals surface area contributed by atoms with Crippen LogP contribution in [0, 0.1) is 0 Å². The van der Waals surface area contributed by atoms with Crippen molar-refractivity contribution in [2.75, 3.05) is 5.32 Å². The summed E-state index contributed by atoms with van der Waals surface area (Å²) >= 11 is 0. The average molecular weight is 217 g/mol. The van der Waals surface area contributed by atoms with Crippen molar-refractivity contribution in [2.45, 2.75) is 18.9 Å². The van der Waals surface area contributed by atoms with Crippen molar-refractivity contribution in [1.29, 1.82) is 0 Å². The molecule has 0 radical (unpaired) electrons. The predicted molar refractivity (Wildman–Crippen MR) is 58.0 cm³/mol. The minimum absolute atomic E-state index is 0.222. The molecule has 1 heterocycles. The van der Waals surface area contributed by atoms with Crippen LogP contribution in [0.4, 0.5) is 6.01 Å². The molecule has 16 heavy (non-hydrogen) atoms. The van der Waals surface area contributed by atoms with E-state index in [9.17, 15) is 0 Å². The van der Waals surface area contributed by atoms with Crippen molar-refractivity contribution in [3.05, 3.63) is 24.3 Å². The number of hydrogen-bond donors (Lipinski definition) is 2. The van der Waals surface area contributed by atoms with Crippen molar-refractivity contribution in [3.63, 3.8) is 0 Å². The van der Waals surface area contributed by atoms with Crippen molar-refractivity contribution in [3.8, 4) is 17.2 Å². The number of aromatic nitrogens is 2. The smallest absolute Gasteiger partial charge is 0.315 e. The van der Waals surface area contributed by atoms with Gasteiger partial charge in [0.05, 0.1) is 0 Å². The van der Waals surface area contributed by atoms with E-state index in [1.54, 1.807) is 24.3 Å². The van der Waals surface area contributed by atoms with Gasteiger partial charge in [-0.2, -0.15) is 0 Å². The lowest BCUT2D eigenvalue weighted by Gasteiger charge is -1.96. The van der Waals surface area contributed by atoms with Crippen molar-refractivity contribution >= 4 is 6.01 Å². The van der Waals surface area contributed by atoms with Crippen LogP contribution in [0.2, 0.25) is 0 Å². The third kappa shape index (κ3) is 1.84. The number of nitrogens with one attached hydrogen (secondary N) is 1. The van der Waals surface area contributed by atoms with Crippen LogP contribution in [-0.2, 0) is 0 Å². The van der Waals surface area contributed by atoms with E-state index < -0.39 is 0 Å². The zero-order valence-corrected chi connectivity index (χ0v) is 8.55. The van der Waals surface area contributed by atoms with Gasteiger partial charge in [0.15, 0.2) is 0 Å². The molecule has 1 saturated carbocycles. The van der Waals surface area contributed by atoms with E-state index >= 15 is 0 Å². The van der Waals surface area contributed by atoms with Crippen molar-refractivity contribution in [1.82, 2.24) is 10.2 Å². The monoisotopic (exact) mass is 217 g/mol. The minimum Gasteiger partial charge on any atom is -0.508 e. The Kier molecular flexibility index (Phi) is 2.02. The normalized spacial score (nSPS) is 15.0. The molecule has 0 spiro atoms. The lowest BCUT2D eigenvalue weighted by Crippen LogP contribution is -2.00. The second kappa shape index (κ2) is 3.52. The molecular weight excluding hydrogens is 206 g/mol. The van der Waals surface area contributed by atoms with Gasteiger partial charge in [0.25, 0.3) is 0 Å². The van der Waals surface area contributed by atoms with Crippen molar-refractivity contribution < 1.29 is 9.52 Å². The number of aromatic hydroxyl groups is 1. The number of nitrogens with zero attached hydrogens (tertiary/aromatic N) is 2. The molecule has 0 unspecified atom stereocenters. The standard InChI is InChI=1S/C11H11N3O2/c15-9-5-1-7(2-6-9)10-13-14-11(16-10)12-8-3-4-8/h1-2,5-6,8,15H,3-4H2,(H,12,14). The summed E-state index contributed by atoms with van der Waals surface area (Å²) in [6, 6.07) is 7.62. The summed E-state index contributed by atoms with van der Waals surface area (Å²) in [5.41, 5.74) is 0.800. The van der Waals surface area contributed by atoms with Crippen LogP contribution in [0.15, 0.2) is 28.7 Å². The molecule has 5 nitrogen and oxygen atoms in total. The highest BCUT2D eigenvalue weighted by atomic mass is 16.4. The van der Waals surface area contributed by atoms with Gasteiger partial charge in [-0.25, -0.2) is 0 Å². The van der Waals surface area contributed by atoms with E-state index in [0.29, 0.717) is 17.9 Å². The number of phenolic OH excluding ortho intramolecular Hbond substituents is 1. The van der Waals surface area contributed by atoms with Gasteiger partial charge in [-0.15, -0.1) is 5.10 Å². The van der Waals surface area contributed by atoms with Crippen LogP contribution in [-0.4, -0.2) is 21.3 Å². The van der Waals surface area contributed by atoms with Gasteiger partial charge in [-0.05, 0) is 37.1 Å². The maximum atomic E-state index is 9.16. The van der Waals surface area contributed by atoms with Gasteiger partial charge < -0.3 is 14.8 Å². The van der Waals surface area contributed by atoms with Gasteiger partial charge in [0.2, 0.25) is 5.89 Å². The zero-order valence-electron chi connectivity index (χ0n) is 8.55. The largest absolute Gasteiger partial charge is 0.508 e. The van der Waals surface area contributed by atoms with Crippen LogP contribution >= 0.6 is 0 Å². The lowest BCUT2D eigenvalue weighted by atomic mass is 10.2. The van der Waals surface area contributed by atoms with Crippen LogP contribution < -0.4 is 5.32 Å². The molecule has 1 aliphatic rings. The summed E-state index contributed by atoms with van der Waals surface area (Å²) in [4.78, 5) is 0. The van der Waals surface area contributed by atoms with E-state index in [0.717, 1.165) is 18.4 Å². The molecule has 82 valence electrons. The minimum atomic E-state index is 0.222. The van der Waals surface area contributed by atoms with Crippen LogP contribution in [0.1, 0.15) is 12.8 Å². The van der Waals surface area contributed by atoms with Gasteiger partial charge in [-0.3, -0.25) is 0 Å². The van der Waals surface area contributed by atoms with E-state index in [1.165, 1.54) is 0 Å². The third-order valence-corrected chi connectivity index (χ3v) is 2.44. The molecule has 1 aliphatic carbocycles. The molecule has 2 N–H and O–H groups in total. The Bertz CT molecular complexity index is 488. The molecule has 1 fully saturated rings. The Labute approximate surface area is 92.1 Å². The Morgan fingerprint density at radius 2 is 1.94 bits per heavy atom. The summed E-state index contributed by atoms with van der Waals surface area (Å²) in [5.74, 6) is 0.683. The maximum absolute atomic E-state index is 9.16. The second-order valence-corrected chi connectivity index (χ2v) is 3.88. The third-order valence-electron chi connectivity index (χ3n) is 2.44. The van der Waals surface area contributed by atoms with Crippen molar-refractivity contribution in [2.24, 2.45) is 0 Å². The zero-order chi connectivity index (χ0) is 11.0. The highest BCUT2D eigenvalue weighted by Gasteiger charge is 2.23. The van der Waals surface area contributed by atoms with Gasteiger partial charge in [0.1, 0.15) is 5.75 Å². The number of benzene rings is 1. The molecule has 1 aromatic carbocycles. The first-order valence-electron chi connectivity index (χ1n) is 5.21. The summed E-state index contributed by atoms with van der Waals surface area (Å²) in [6.45, 7) is 0. The topological polar surface area (TPSA) is 71.2 Å². The van der Waals surface area contributed by atoms with Gasteiger partial charge in [-0.1, -0.05) is 5.10 Å². The van der Waals surface area contributed by atoms with E-state index in [-0.39, 0.29) is 5.75 Å². The SMILES string of the molecule is Oc1ccc(-c2nnc(NC3CC3)o2)cc1. The molecule has 2 aromatic rings. The fraction of sp³-hybridized carbons (Fsp3) is 0.273. The molecular formula is C11H11N3O2. The number of rotatable bonds is 3. The van der Waals surface area contributed by atoms with Gasteiger partial charge >= 0.3 is 6.01 Å². The number of hydrogen-bond acceptors (Lipinski definition) is 5. The Hall–Kier alpha value is -2.04. The lowest BCUT2D eigenvalue weighted by molar-refractivity contribution is 0.475. The highest BCUT2D eigenvalue weighted by Crippen LogP contribution is 2.26. The van der Waals surface area contributed by atoms with E-state index in [1.807, 2.05) is 0 Å². The quantitative estimate of drug-likeness (QED) is 0.822. The van der Waals surface area contributed by atoms with E-state index in [2.05, 4.69) is 15.5 Å². The summed E-state index contributed by atoms with van der Waals surface area (Å²) in [5, 5.41) is 20.1. The van der Waals surface area contributed by atoms with E-state index in [4.69, 9.17) is 9.52 Å². The molecule has 3 rings (SSSR count). The van der Waals surface area contributed by atoms with Crippen LogP contribution in [0.5, 0.6) is 5.75 Å².